The minimum Gasteiger partial charge on any atom is -0.493 e. The standard InChI is InChI=1S/C18H25NO5/c1-11(2)24-15-6-5-13(9-16(15)23-4)17(20)19-8-7-14(18(21)22)12(3)10-19/h5-6,9,11-12,14H,7-8,10H2,1-4H3,(H,21,22). The van der Waals surface area contributed by atoms with Crippen molar-refractivity contribution in [3.63, 3.8) is 0 Å². The number of benzene rings is 1. The summed E-state index contributed by atoms with van der Waals surface area (Å²) >= 11 is 0. The number of carboxylic acids is 1. The SMILES string of the molecule is COc1cc(C(=O)N2CCC(C(=O)O)C(C)C2)ccc1OC(C)C. The number of ether oxygens (including phenoxy) is 2. The largest absolute Gasteiger partial charge is 0.493 e. The highest BCUT2D eigenvalue weighted by molar-refractivity contribution is 5.95. The lowest BCUT2D eigenvalue weighted by Gasteiger charge is -2.35. The van der Waals surface area contributed by atoms with Gasteiger partial charge < -0.3 is 19.5 Å². The van der Waals surface area contributed by atoms with Crippen LogP contribution in [0.5, 0.6) is 11.5 Å². The van der Waals surface area contributed by atoms with Crippen LogP contribution in [-0.2, 0) is 4.79 Å². The van der Waals surface area contributed by atoms with Crippen molar-refractivity contribution in [2.45, 2.75) is 33.3 Å². The molecule has 0 saturated carbocycles. The fourth-order valence-corrected chi connectivity index (χ4v) is 3.03. The van der Waals surface area contributed by atoms with E-state index in [1.165, 1.54) is 7.11 Å². The van der Waals surface area contributed by atoms with E-state index in [4.69, 9.17) is 9.47 Å². The van der Waals surface area contributed by atoms with Crippen LogP contribution in [0.15, 0.2) is 18.2 Å². The van der Waals surface area contributed by atoms with Gasteiger partial charge in [0.2, 0.25) is 0 Å². The summed E-state index contributed by atoms with van der Waals surface area (Å²) in [7, 11) is 1.54. The minimum absolute atomic E-state index is 0.0105. The summed E-state index contributed by atoms with van der Waals surface area (Å²) in [5.74, 6) is -0.229. The Kier molecular flexibility index (Phi) is 5.70. The van der Waals surface area contributed by atoms with Crippen molar-refractivity contribution in [3.8, 4) is 11.5 Å². The summed E-state index contributed by atoms with van der Waals surface area (Å²) in [6.07, 6.45) is 0.491. The summed E-state index contributed by atoms with van der Waals surface area (Å²) < 4.78 is 11.0. The predicted molar refractivity (Wildman–Crippen MR) is 89.6 cm³/mol. The molecule has 1 aromatic carbocycles. The van der Waals surface area contributed by atoms with Gasteiger partial charge in [-0.25, -0.2) is 0 Å². The van der Waals surface area contributed by atoms with Crippen molar-refractivity contribution < 1.29 is 24.2 Å². The molecule has 1 fully saturated rings. The molecule has 6 heteroatoms. The number of rotatable bonds is 5. The highest BCUT2D eigenvalue weighted by Gasteiger charge is 2.33. The van der Waals surface area contributed by atoms with E-state index in [0.717, 1.165) is 0 Å². The highest BCUT2D eigenvalue weighted by Crippen LogP contribution is 2.30. The number of carbonyl (C=O) groups is 2. The van der Waals surface area contributed by atoms with Crippen LogP contribution in [0.2, 0.25) is 0 Å². The number of carboxylic acid groups (broad SMARTS) is 1. The number of aliphatic carboxylic acids is 1. The third-order valence-corrected chi connectivity index (χ3v) is 4.28. The van der Waals surface area contributed by atoms with Gasteiger partial charge in [-0.2, -0.15) is 0 Å². The Morgan fingerprint density at radius 2 is 2.00 bits per heavy atom. The number of piperidine rings is 1. The Labute approximate surface area is 142 Å². The number of likely N-dealkylation sites (tertiary alicyclic amines) is 1. The fraction of sp³-hybridized carbons (Fsp3) is 0.556. The maximum absolute atomic E-state index is 12.7. The Hall–Kier alpha value is -2.24. The number of carbonyl (C=O) groups excluding carboxylic acids is 1. The second-order valence-electron chi connectivity index (χ2n) is 6.49. The molecule has 1 amide bonds. The van der Waals surface area contributed by atoms with Gasteiger partial charge in [-0.1, -0.05) is 6.92 Å². The van der Waals surface area contributed by atoms with E-state index >= 15 is 0 Å². The first-order chi connectivity index (χ1) is 11.3. The zero-order valence-corrected chi connectivity index (χ0v) is 14.6. The van der Waals surface area contributed by atoms with Crippen molar-refractivity contribution in [1.29, 1.82) is 0 Å². The van der Waals surface area contributed by atoms with E-state index in [1.54, 1.807) is 23.1 Å². The van der Waals surface area contributed by atoms with Crippen LogP contribution in [0.25, 0.3) is 0 Å². The van der Waals surface area contributed by atoms with E-state index in [0.29, 0.717) is 36.6 Å². The molecule has 1 aliphatic heterocycles. The number of hydrogen-bond donors (Lipinski definition) is 1. The lowest BCUT2D eigenvalue weighted by atomic mass is 9.87. The fourth-order valence-electron chi connectivity index (χ4n) is 3.03. The minimum atomic E-state index is -0.786. The Morgan fingerprint density at radius 1 is 1.29 bits per heavy atom. The normalized spacial score (nSPS) is 20.8. The zero-order valence-electron chi connectivity index (χ0n) is 14.6. The highest BCUT2D eigenvalue weighted by atomic mass is 16.5. The molecule has 0 aromatic heterocycles. The van der Waals surface area contributed by atoms with E-state index in [-0.39, 0.29) is 23.8 Å². The van der Waals surface area contributed by atoms with Gasteiger partial charge in [0.25, 0.3) is 5.91 Å². The number of methoxy groups -OCH3 is 1. The number of amides is 1. The summed E-state index contributed by atoms with van der Waals surface area (Å²) in [6.45, 7) is 6.62. The first-order valence-electron chi connectivity index (χ1n) is 8.20. The van der Waals surface area contributed by atoms with Gasteiger partial charge in [0.15, 0.2) is 11.5 Å². The molecule has 2 unspecified atom stereocenters. The molecule has 1 N–H and O–H groups in total. The molecule has 24 heavy (non-hydrogen) atoms. The van der Waals surface area contributed by atoms with Gasteiger partial charge in [-0.3, -0.25) is 9.59 Å². The van der Waals surface area contributed by atoms with Crippen LogP contribution in [-0.4, -0.2) is 48.2 Å². The smallest absolute Gasteiger partial charge is 0.306 e. The van der Waals surface area contributed by atoms with Gasteiger partial charge in [0, 0.05) is 18.7 Å². The summed E-state index contributed by atoms with van der Waals surface area (Å²) in [6, 6.07) is 5.13. The van der Waals surface area contributed by atoms with Crippen LogP contribution in [0.3, 0.4) is 0 Å². The molecule has 2 rings (SSSR count). The third-order valence-electron chi connectivity index (χ3n) is 4.28. The average Bonchev–Trinajstić information content (AvgIpc) is 2.53. The molecule has 1 heterocycles. The van der Waals surface area contributed by atoms with Crippen LogP contribution in [0.4, 0.5) is 0 Å². The molecule has 0 radical (unpaired) electrons. The van der Waals surface area contributed by atoms with Crippen LogP contribution in [0, 0.1) is 11.8 Å². The molecule has 0 bridgehead atoms. The average molecular weight is 335 g/mol. The molecule has 2 atom stereocenters. The predicted octanol–water partition coefficient (Wildman–Crippen LogP) is 2.67. The van der Waals surface area contributed by atoms with Gasteiger partial charge >= 0.3 is 5.97 Å². The maximum atomic E-state index is 12.7. The number of hydrogen-bond acceptors (Lipinski definition) is 4. The van der Waals surface area contributed by atoms with E-state index in [1.807, 2.05) is 20.8 Å². The molecule has 6 nitrogen and oxygen atoms in total. The summed E-state index contributed by atoms with van der Waals surface area (Å²) in [4.78, 5) is 25.6. The van der Waals surface area contributed by atoms with Crippen LogP contribution in [0.1, 0.15) is 37.6 Å². The van der Waals surface area contributed by atoms with Gasteiger partial charge in [0.1, 0.15) is 0 Å². The first kappa shape index (κ1) is 18.1. The van der Waals surface area contributed by atoms with Crippen molar-refractivity contribution >= 4 is 11.9 Å². The lowest BCUT2D eigenvalue weighted by Crippen LogP contribution is -2.45. The van der Waals surface area contributed by atoms with Crippen molar-refractivity contribution in [1.82, 2.24) is 4.90 Å². The maximum Gasteiger partial charge on any atom is 0.306 e. The quantitative estimate of drug-likeness (QED) is 0.895. The summed E-state index contributed by atoms with van der Waals surface area (Å²) in [5.41, 5.74) is 0.518. The molecule has 0 spiro atoms. The first-order valence-corrected chi connectivity index (χ1v) is 8.20. The monoisotopic (exact) mass is 335 g/mol. The van der Waals surface area contributed by atoms with Crippen molar-refractivity contribution in [3.05, 3.63) is 23.8 Å². The summed E-state index contributed by atoms with van der Waals surface area (Å²) in [5, 5.41) is 9.19. The Balaban J connectivity index is 2.14. The van der Waals surface area contributed by atoms with Crippen molar-refractivity contribution in [2.75, 3.05) is 20.2 Å². The molecule has 1 saturated heterocycles. The molecular formula is C18H25NO5. The van der Waals surface area contributed by atoms with Crippen LogP contribution >= 0.6 is 0 Å². The second-order valence-corrected chi connectivity index (χ2v) is 6.49. The van der Waals surface area contributed by atoms with Crippen molar-refractivity contribution in [2.24, 2.45) is 11.8 Å². The van der Waals surface area contributed by atoms with E-state index in [2.05, 4.69) is 0 Å². The van der Waals surface area contributed by atoms with Gasteiger partial charge in [-0.15, -0.1) is 0 Å². The van der Waals surface area contributed by atoms with Crippen LogP contribution < -0.4 is 9.47 Å². The second kappa shape index (κ2) is 7.55. The molecule has 0 aliphatic carbocycles. The number of nitrogens with zero attached hydrogens (tertiary/aromatic N) is 1. The molecule has 1 aromatic rings. The molecule has 1 aliphatic rings. The van der Waals surface area contributed by atoms with E-state index < -0.39 is 5.97 Å². The third kappa shape index (κ3) is 3.99. The molecule has 132 valence electrons. The lowest BCUT2D eigenvalue weighted by molar-refractivity contribution is -0.145. The Bertz CT molecular complexity index is 613. The van der Waals surface area contributed by atoms with E-state index in [9.17, 15) is 14.7 Å². The van der Waals surface area contributed by atoms with Gasteiger partial charge in [-0.05, 0) is 44.4 Å². The van der Waals surface area contributed by atoms with Gasteiger partial charge in [0.05, 0.1) is 19.1 Å². The zero-order chi connectivity index (χ0) is 17.9. The topological polar surface area (TPSA) is 76.1 Å². The Morgan fingerprint density at radius 3 is 2.54 bits per heavy atom. The molecular weight excluding hydrogens is 310 g/mol.